The van der Waals surface area contributed by atoms with E-state index >= 15 is 0 Å². The van der Waals surface area contributed by atoms with Crippen molar-refractivity contribution in [2.75, 3.05) is 0 Å². The van der Waals surface area contributed by atoms with Crippen molar-refractivity contribution < 1.29 is 18.1 Å². The maximum absolute atomic E-state index is 8.68. The van der Waals surface area contributed by atoms with Crippen molar-refractivity contribution in [1.29, 1.82) is 0 Å². The van der Waals surface area contributed by atoms with Crippen LogP contribution in [0.1, 0.15) is 13.7 Å². The van der Waals surface area contributed by atoms with Crippen LogP contribution in [0.3, 0.4) is 0 Å². The Labute approximate surface area is 301 Å². The Hall–Kier alpha value is -6.85. The maximum atomic E-state index is 8.68. The fourth-order valence-corrected chi connectivity index (χ4v) is 6.65. The third-order valence-electron chi connectivity index (χ3n) is 8.84. The second kappa shape index (κ2) is 11.4. The SMILES string of the molecule is [2H]c1c([2H])c([2H])c(-c2nc(-c3ccc4c(c3)c3ccccc3n4-c3ccc4c(c3)oc3cccc(-c5ccccc5)c34)nc(-c3c([2H])c([2H])c([2H])c([2H])c3[2H])n2)c([2H])c1[2H]. The molecule has 3 aromatic heterocycles. The summed E-state index contributed by atoms with van der Waals surface area (Å²) in [4.78, 5) is 13.7. The molecule has 234 valence electrons. The molecule has 10 rings (SSSR count). The number of hydrogen-bond acceptors (Lipinski definition) is 4. The van der Waals surface area contributed by atoms with Crippen molar-refractivity contribution in [2.24, 2.45) is 0 Å². The zero-order valence-electron chi connectivity index (χ0n) is 36.1. The summed E-state index contributed by atoms with van der Waals surface area (Å²) in [6, 6.07) is 29.9. The lowest BCUT2D eigenvalue weighted by molar-refractivity contribution is 0.668. The molecule has 0 N–H and O–H groups in total. The molecule has 0 aliphatic carbocycles. The van der Waals surface area contributed by atoms with Crippen molar-refractivity contribution in [3.05, 3.63) is 170 Å². The summed E-state index contributed by atoms with van der Waals surface area (Å²) in [7, 11) is 0. The van der Waals surface area contributed by atoms with E-state index in [9.17, 15) is 0 Å². The third-order valence-corrected chi connectivity index (χ3v) is 8.84. The van der Waals surface area contributed by atoms with Crippen LogP contribution < -0.4 is 0 Å². The Kier molecular flexibility index (Phi) is 4.52. The summed E-state index contributed by atoms with van der Waals surface area (Å²) >= 11 is 0. The van der Waals surface area contributed by atoms with E-state index in [1.807, 2.05) is 72.8 Å². The monoisotopic (exact) mass is 650 g/mol. The molecule has 0 fully saturated rings. The lowest BCUT2D eigenvalue weighted by Crippen LogP contribution is -2.00. The van der Waals surface area contributed by atoms with Gasteiger partial charge in [0.15, 0.2) is 17.5 Å². The third kappa shape index (κ3) is 4.60. The van der Waals surface area contributed by atoms with Gasteiger partial charge in [0.25, 0.3) is 0 Å². The smallest absolute Gasteiger partial charge is 0.164 e. The fourth-order valence-electron chi connectivity index (χ4n) is 6.65. The quantitative estimate of drug-likeness (QED) is 0.186. The minimum atomic E-state index is -0.607. The number of fused-ring (bicyclic) bond motifs is 6. The molecule has 5 heteroatoms. The minimum absolute atomic E-state index is 0.00901. The molecule has 10 aromatic rings. The van der Waals surface area contributed by atoms with Crippen LogP contribution in [-0.4, -0.2) is 19.5 Å². The second-order valence-electron chi connectivity index (χ2n) is 11.7. The summed E-state index contributed by atoms with van der Waals surface area (Å²) in [5.41, 5.74) is 6.05. The molecular weight excluding hydrogens is 613 g/mol. The first-order chi connectivity index (χ1) is 28.9. The van der Waals surface area contributed by atoms with E-state index in [1.54, 1.807) is 6.07 Å². The van der Waals surface area contributed by atoms with Crippen molar-refractivity contribution in [2.45, 2.75) is 0 Å². The second-order valence-corrected chi connectivity index (χ2v) is 11.7. The van der Waals surface area contributed by atoms with Crippen LogP contribution in [0.25, 0.3) is 94.7 Å². The summed E-state index contributed by atoms with van der Waals surface area (Å²) in [6.45, 7) is 0. The predicted octanol–water partition coefficient (Wildman–Crippen LogP) is 11.5. The number of para-hydroxylation sites is 1. The van der Waals surface area contributed by atoms with E-state index in [0.717, 1.165) is 60.6 Å². The van der Waals surface area contributed by atoms with E-state index in [-0.39, 0.29) is 28.6 Å². The van der Waals surface area contributed by atoms with Gasteiger partial charge in [-0.25, -0.2) is 15.0 Å². The first-order valence-electron chi connectivity index (χ1n) is 20.9. The summed E-state index contributed by atoms with van der Waals surface area (Å²) in [5.74, 6) is -0.656. The molecule has 0 unspecified atom stereocenters. The Morgan fingerprint density at radius 1 is 0.460 bits per heavy atom. The number of aromatic nitrogens is 4. The van der Waals surface area contributed by atoms with Gasteiger partial charge in [-0.15, -0.1) is 0 Å². The van der Waals surface area contributed by atoms with Crippen LogP contribution >= 0.6 is 0 Å². The Morgan fingerprint density at radius 2 is 1.12 bits per heavy atom. The molecule has 0 atom stereocenters. The summed E-state index contributed by atoms with van der Waals surface area (Å²) < 4.78 is 92.8. The topological polar surface area (TPSA) is 56.7 Å². The van der Waals surface area contributed by atoms with Crippen LogP contribution in [0.4, 0.5) is 0 Å². The van der Waals surface area contributed by atoms with Gasteiger partial charge in [-0.3, -0.25) is 0 Å². The number of hydrogen-bond donors (Lipinski definition) is 0. The highest BCUT2D eigenvalue weighted by atomic mass is 16.3. The average molecular weight is 651 g/mol. The number of nitrogens with zero attached hydrogens (tertiary/aromatic N) is 4. The molecule has 0 bridgehead atoms. The molecule has 0 spiro atoms. The van der Waals surface area contributed by atoms with Crippen molar-refractivity contribution in [3.8, 4) is 51.0 Å². The molecular formula is C45H28N4O. The van der Waals surface area contributed by atoms with E-state index in [2.05, 4.69) is 49.9 Å². The van der Waals surface area contributed by atoms with Gasteiger partial charge in [0.05, 0.1) is 24.7 Å². The molecule has 3 heterocycles. The van der Waals surface area contributed by atoms with Crippen LogP contribution in [0.15, 0.2) is 174 Å². The number of benzene rings is 7. The zero-order chi connectivity index (χ0) is 41.7. The van der Waals surface area contributed by atoms with Gasteiger partial charge in [0, 0.05) is 50.0 Å². The van der Waals surface area contributed by atoms with E-state index in [1.165, 1.54) is 0 Å². The molecule has 0 saturated heterocycles. The van der Waals surface area contributed by atoms with Gasteiger partial charge >= 0.3 is 0 Å². The molecule has 5 nitrogen and oxygen atoms in total. The lowest BCUT2D eigenvalue weighted by Gasteiger charge is -2.10. The summed E-state index contributed by atoms with van der Waals surface area (Å²) in [5, 5.41) is 3.72. The highest BCUT2D eigenvalue weighted by Crippen LogP contribution is 2.39. The van der Waals surface area contributed by atoms with Crippen LogP contribution in [0, 0.1) is 0 Å². The molecule has 0 saturated carbocycles. The van der Waals surface area contributed by atoms with Crippen LogP contribution in [-0.2, 0) is 0 Å². The maximum Gasteiger partial charge on any atom is 0.164 e. The molecule has 0 aliphatic heterocycles. The fraction of sp³-hybridized carbons (Fsp3) is 0. The van der Waals surface area contributed by atoms with E-state index < -0.39 is 60.4 Å². The normalized spacial score (nSPS) is 14.4. The molecule has 0 amide bonds. The van der Waals surface area contributed by atoms with Gasteiger partial charge in [-0.05, 0) is 53.6 Å². The van der Waals surface area contributed by atoms with Gasteiger partial charge in [0.1, 0.15) is 11.2 Å². The van der Waals surface area contributed by atoms with Crippen molar-refractivity contribution in [1.82, 2.24) is 19.5 Å². The van der Waals surface area contributed by atoms with Crippen LogP contribution in [0.2, 0.25) is 0 Å². The van der Waals surface area contributed by atoms with Gasteiger partial charge in [-0.1, -0.05) is 121 Å². The number of furan rings is 1. The first-order valence-corrected chi connectivity index (χ1v) is 15.9. The predicted molar refractivity (Wildman–Crippen MR) is 203 cm³/mol. The Morgan fingerprint density at radius 3 is 1.86 bits per heavy atom. The van der Waals surface area contributed by atoms with Crippen molar-refractivity contribution in [3.63, 3.8) is 0 Å². The standard InChI is InChI=1S/C45H28N4O/c1-4-13-29(14-5-1)34-20-12-22-40-42(34)36-25-24-33(28-41(36)50-40)49-38-21-11-10-19-35(38)37-27-32(23-26-39(37)49)45-47-43(30-15-6-2-7-16-30)46-44(48-45)31-17-8-3-9-18-31/h1-28H/i2D,3D,6D,7D,8D,9D,15D,16D,17D,18D. The molecule has 50 heavy (non-hydrogen) atoms. The van der Waals surface area contributed by atoms with E-state index in [4.69, 9.17) is 18.1 Å². The van der Waals surface area contributed by atoms with E-state index in [0.29, 0.717) is 5.56 Å². The largest absolute Gasteiger partial charge is 0.456 e. The van der Waals surface area contributed by atoms with Gasteiger partial charge in [0.2, 0.25) is 0 Å². The minimum Gasteiger partial charge on any atom is -0.456 e. The number of rotatable bonds is 5. The Bertz CT molecular complexity index is 3310. The highest BCUT2D eigenvalue weighted by Gasteiger charge is 2.18. The zero-order valence-corrected chi connectivity index (χ0v) is 26.1. The summed E-state index contributed by atoms with van der Waals surface area (Å²) in [6.07, 6.45) is 0. The average Bonchev–Trinajstić information content (AvgIpc) is 3.81. The van der Waals surface area contributed by atoms with Gasteiger partial charge in [-0.2, -0.15) is 0 Å². The first kappa shape index (κ1) is 19.8. The van der Waals surface area contributed by atoms with Gasteiger partial charge < -0.3 is 8.98 Å². The lowest BCUT2D eigenvalue weighted by atomic mass is 9.99. The molecule has 0 radical (unpaired) electrons. The highest BCUT2D eigenvalue weighted by molar-refractivity contribution is 6.14. The Balaban J connectivity index is 1.19. The molecule has 0 aliphatic rings. The molecule has 7 aromatic carbocycles. The van der Waals surface area contributed by atoms with Crippen LogP contribution in [0.5, 0.6) is 0 Å². The van der Waals surface area contributed by atoms with Crippen molar-refractivity contribution >= 4 is 43.7 Å².